The molecule has 2 saturated heterocycles. The standard InChI is InChI=1S/C25H27NO7/c1-30-17-9-6-15(7-10-17)23(27)21-22(16-8-11-19(31-2)20(13-16)32-3)26(25(29)24(21)28)14-18-5-4-12-33-18/h6-11,13,18,22,27H,4-5,12,14H2,1-3H3/t18-,22-/m1/s1. The third kappa shape index (κ3) is 4.26. The van der Waals surface area contributed by atoms with Crippen molar-refractivity contribution >= 4 is 17.4 Å². The summed E-state index contributed by atoms with van der Waals surface area (Å²) in [6.07, 6.45) is 1.55. The summed E-state index contributed by atoms with van der Waals surface area (Å²) >= 11 is 0. The number of ether oxygens (including phenoxy) is 4. The van der Waals surface area contributed by atoms with Crippen LogP contribution < -0.4 is 14.2 Å². The van der Waals surface area contributed by atoms with Crippen LogP contribution in [0.25, 0.3) is 5.76 Å². The lowest BCUT2D eigenvalue weighted by Gasteiger charge is -2.28. The maximum atomic E-state index is 13.2. The first kappa shape index (κ1) is 22.7. The number of carbonyl (C=O) groups excluding carboxylic acids is 2. The van der Waals surface area contributed by atoms with Crippen molar-refractivity contribution in [3.63, 3.8) is 0 Å². The van der Waals surface area contributed by atoms with E-state index in [1.165, 1.54) is 19.1 Å². The number of methoxy groups -OCH3 is 3. The van der Waals surface area contributed by atoms with Crippen molar-refractivity contribution in [2.75, 3.05) is 34.5 Å². The van der Waals surface area contributed by atoms with Gasteiger partial charge in [0.05, 0.1) is 39.0 Å². The molecule has 4 rings (SSSR count). The number of amides is 1. The SMILES string of the molecule is COc1ccc(C(O)=C2C(=O)C(=O)N(C[C@H]3CCCO3)[C@@H]2c2ccc(OC)c(OC)c2)cc1. The predicted molar refractivity (Wildman–Crippen MR) is 121 cm³/mol. The maximum absolute atomic E-state index is 13.2. The number of nitrogens with zero attached hydrogens (tertiary/aromatic N) is 1. The zero-order chi connectivity index (χ0) is 23.5. The molecule has 8 heteroatoms. The highest BCUT2D eigenvalue weighted by Gasteiger charge is 2.47. The van der Waals surface area contributed by atoms with Crippen LogP contribution in [0.15, 0.2) is 48.0 Å². The fraction of sp³-hybridized carbons (Fsp3) is 0.360. The van der Waals surface area contributed by atoms with Gasteiger partial charge < -0.3 is 29.0 Å². The van der Waals surface area contributed by atoms with Crippen molar-refractivity contribution in [3.05, 3.63) is 59.2 Å². The van der Waals surface area contributed by atoms with Gasteiger partial charge in [-0.3, -0.25) is 9.59 Å². The molecule has 0 radical (unpaired) electrons. The molecule has 0 spiro atoms. The fourth-order valence-corrected chi connectivity index (χ4v) is 4.35. The van der Waals surface area contributed by atoms with Gasteiger partial charge in [-0.1, -0.05) is 6.07 Å². The lowest BCUT2D eigenvalue weighted by Crippen LogP contribution is -2.36. The van der Waals surface area contributed by atoms with Gasteiger partial charge in [0.25, 0.3) is 11.7 Å². The molecule has 2 aromatic carbocycles. The number of hydrogen-bond donors (Lipinski definition) is 1. The molecule has 2 aliphatic heterocycles. The lowest BCUT2D eigenvalue weighted by atomic mass is 9.94. The average Bonchev–Trinajstić information content (AvgIpc) is 3.45. The summed E-state index contributed by atoms with van der Waals surface area (Å²) in [7, 11) is 4.59. The predicted octanol–water partition coefficient (Wildman–Crippen LogP) is 3.31. The Hall–Kier alpha value is -3.52. The van der Waals surface area contributed by atoms with E-state index in [9.17, 15) is 14.7 Å². The van der Waals surface area contributed by atoms with E-state index in [2.05, 4.69) is 0 Å². The minimum Gasteiger partial charge on any atom is -0.507 e. The molecule has 174 valence electrons. The Morgan fingerprint density at radius 3 is 2.36 bits per heavy atom. The monoisotopic (exact) mass is 453 g/mol. The quantitative estimate of drug-likeness (QED) is 0.390. The van der Waals surface area contributed by atoms with Gasteiger partial charge in [0.2, 0.25) is 0 Å². The van der Waals surface area contributed by atoms with Crippen molar-refractivity contribution in [3.8, 4) is 17.2 Å². The molecule has 8 nitrogen and oxygen atoms in total. The molecule has 0 aliphatic carbocycles. The van der Waals surface area contributed by atoms with Gasteiger partial charge in [-0.15, -0.1) is 0 Å². The number of benzene rings is 2. The summed E-state index contributed by atoms with van der Waals surface area (Å²) < 4.78 is 21.7. The first-order chi connectivity index (χ1) is 16.0. The molecule has 2 atom stereocenters. The van der Waals surface area contributed by atoms with E-state index in [4.69, 9.17) is 18.9 Å². The topological polar surface area (TPSA) is 94.5 Å². The Bertz CT molecular complexity index is 1070. The van der Waals surface area contributed by atoms with Gasteiger partial charge in [-0.25, -0.2) is 0 Å². The Balaban J connectivity index is 1.83. The number of ketones is 1. The molecule has 2 fully saturated rings. The van der Waals surface area contributed by atoms with E-state index in [0.29, 0.717) is 35.0 Å². The largest absolute Gasteiger partial charge is 0.507 e. The summed E-state index contributed by atoms with van der Waals surface area (Å²) in [5.74, 6) is -0.0523. The lowest BCUT2D eigenvalue weighted by molar-refractivity contribution is -0.140. The summed E-state index contributed by atoms with van der Waals surface area (Å²) in [6, 6.07) is 11.1. The number of hydrogen-bond acceptors (Lipinski definition) is 7. The van der Waals surface area contributed by atoms with Gasteiger partial charge in [0.1, 0.15) is 11.5 Å². The molecule has 0 saturated carbocycles. The zero-order valence-corrected chi connectivity index (χ0v) is 18.9. The fourth-order valence-electron chi connectivity index (χ4n) is 4.35. The van der Waals surface area contributed by atoms with Crippen molar-refractivity contribution in [1.29, 1.82) is 0 Å². The molecule has 1 N–H and O–H groups in total. The van der Waals surface area contributed by atoms with Gasteiger partial charge in [-0.2, -0.15) is 0 Å². The molecule has 33 heavy (non-hydrogen) atoms. The Morgan fingerprint density at radius 1 is 1.03 bits per heavy atom. The molecular weight excluding hydrogens is 426 g/mol. The Kier molecular flexibility index (Phi) is 6.55. The Morgan fingerprint density at radius 2 is 1.76 bits per heavy atom. The first-order valence-corrected chi connectivity index (χ1v) is 10.7. The van der Waals surface area contributed by atoms with Crippen LogP contribution in [0.4, 0.5) is 0 Å². The van der Waals surface area contributed by atoms with Gasteiger partial charge in [0, 0.05) is 18.7 Å². The van der Waals surface area contributed by atoms with E-state index in [1.54, 1.807) is 49.6 Å². The maximum Gasteiger partial charge on any atom is 0.295 e. The van der Waals surface area contributed by atoms with Gasteiger partial charge >= 0.3 is 0 Å². The van der Waals surface area contributed by atoms with E-state index < -0.39 is 17.7 Å². The van der Waals surface area contributed by atoms with Crippen LogP contribution >= 0.6 is 0 Å². The van der Waals surface area contributed by atoms with Gasteiger partial charge in [-0.05, 0) is 54.8 Å². The summed E-state index contributed by atoms with van der Waals surface area (Å²) in [6.45, 7) is 0.879. The highest BCUT2D eigenvalue weighted by Crippen LogP contribution is 2.42. The third-order valence-electron chi connectivity index (χ3n) is 6.05. The number of Topliss-reactive ketones (excluding diaryl/α,β-unsaturated/α-hetero) is 1. The highest BCUT2D eigenvalue weighted by molar-refractivity contribution is 6.46. The Labute approximate surface area is 192 Å². The van der Waals surface area contributed by atoms with Crippen LogP contribution in [0.2, 0.25) is 0 Å². The summed E-state index contributed by atoms with van der Waals surface area (Å²) in [5, 5.41) is 11.2. The average molecular weight is 453 g/mol. The van der Waals surface area contributed by atoms with Crippen molar-refractivity contribution in [2.24, 2.45) is 0 Å². The third-order valence-corrected chi connectivity index (χ3v) is 6.05. The second-order valence-electron chi connectivity index (χ2n) is 7.93. The highest BCUT2D eigenvalue weighted by atomic mass is 16.5. The molecule has 1 amide bonds. The molecule has 2 aliphatic rings. The van der Waals surface area contributed by atoms with Crippen molar-refractivity contribution in [1.82, 2.24) is 4.90 Å². The van der Waals surface area contributed by atoms with Crippen LogP contribution in [0.1, 0.15) is 30.0 Å². The van der Waals surface area contributed by atoms with Crippen LogP contribution in [-0.2, 0) is 14.3 Å². The van der Waals surface area contributed by atoms with E-state index in [0.717, 1.165) is 12.8 Å². The molecule has 0 aromatic heterocycles. The summed E-state index contributed by atoms with van der Waals surface area (Å²) in [4.78, 5) is 27.7. The normalized spacial score (nSPS) is 22.0. The van der Waals surface area contributed by atoms with E-state index >= 15 is 0 Å². The number of aliphatic hydroxyl groups is 1. The molecule has 0 unspecified atom stereocenters. The van der Waals surface area contributed by atoms with Gasteiger partial charge in [0.15, 0.2) is 11.5 Å². The molecule has 2 aromatic rings. The van der Waals surface area contributed by atoms with Crippen LogP contribution in [0.5, 0.6) is 17.2 Å². The second-order valence-corrected chi connectivity index (χ2v) is 7.93. The second kappa shape index (κ2) is 9.54. The van der Waals surface area contributed by atoms with Crippen molar-refractivity contribution in [2.45, 2.75) is 25.0 Å². The number of carbonyl (C=O) groups is 2. The first-order valence-electron chi connectivity index (χ1n) is 10.7. The molecule has 0 bridgehead atoms. The van der Waals surface area contributed by atoms with Crippen LogP contribution in [0, 0.1) is 0 Å². The number of likely N-dealkylation sites (tertiary alicyclic amines) is 1. The number of rotatable bonds is 7. The van der Waals surface area contributed by atoms with E-state index in [-0.39, 0.29) is 24.0 Å². The molecule has 2 heterocycles. The number of aliphatic hydroxyl groups excluding tert-OH is 1. The summed E-state index contributed by atoms with van der Waals surface area (Å²) in [5.41, 5.74) is 1.06. The van der Waals surface area contributed by atoms with Crippen LogP contribution in [0.3, 0.4) is 0 Å². The minimum atomic E-state index is -0.795. The smallest absolute Gasteiger partial charge is 0.295 e. The minimum absolute atomic E-state index is 0.0235. The zero-order valence-electron chi connectivity index (χ0n) is 18.9. The van der Waals surface area contributed by atoms with Crippen molar-refractivity contribution < 1.29 is 33.6 Å². The van der Waals surface area contributed by atoms with Crippen LogP contribution in [-0.4, -0.2) is 62.3 Å². The molecular formula is C25H27NO7. The van der Waals surface area contributed by atoms with E-state index in [1.807, 2.05) is 0 Å².